The number of benzene rings is 2. The second-order valence-electron chi connectivity index (χ2n) is 8.43. The number of nitrogens with one attached hydrogen (secondary N) is 3. The lowest BCUT2D eigenvalue weighted by molar-refractivity contribution is 0.101. The summed E-state index contributed by atoms with van der Waals surface area (Å²) >= 11 is 0. The highest BCUT2D eigenvalue weighted by molar-refractivity contribution is 7.84. The van der Waals surface area contributed by atoms with Crippen molar-refractivity contribution in [3.8, 4) is 0 Å². The van der Waals surface area contributed by atoms with Gasteiger partial charge in [0.05, 0.1) is 4.90 Å². The molecule has 1 aliphatic heterocycles. The van der Waals surface area contributed by atoms with Gasteiger partial charge in [-0.1, -0.05) is 12.1 Å². The number of carbonyl (C=O) groups is 1. The summed E-state index contributed by atoms with van der Waals surface area (Å²) in [7, 11) is 2.87. The van der Waals surface area contributed by atoms with Gasteiger partial charge in [0, 0.05) is 36.3 Å². The largest absolute Gasteiger partial charge is 0.345 e. The van der Waals surface area contributed by atoms with Crippen molar-refractivity contribution in [2.24, 2.45) is 7.05 Å². The molecule has 0 saturated carbocycles. The lowest BCUT2D eigenvalue weighted by Crippen LogP contribution is -2.29. The summed E-state index contributed by atoms with van der Waals surface area (Å²) in [4.78, 5) is 13.8. The third-order valence-electron chi connectivity index (χ3n) is 5.95. The van der Waals surface area contributed by atoms with Gasteiger partial charge in [-0.2, -0.15) is 0 Å². The van der Waals surface area contributed by atoms with Crippen molar-refractivity contribution in [2.45, 2.75) is 43.0 Å². The molecule has 1 aromatic heterocycles. The molecule has 34 heavy (non-hydrogen) atoms. The molecule has 0 saturated heterocycles. The molecule has 0 radical (unpaired) electrons. The van der Waals surface area contributed by atoms with Gasteiger partial charge in [-0.05, 0) is 72.3 Å². The van der Waals surface area contributed by atoms with Crippen LogP contribution in [-0.4, -0.2) is 16.5 Å². The number of aromatic nitrogens is 1. The van der Waals surface area contributed by atoms with Crippen molar-refractivity contribution in [3.63, 3.8) is 0 Å². The summed E-state index contributed by atoms with van der Waals surface area (Å²) in [6, 6.07) is 8.94. The van der Waals surface area contributed by atoms with Crippen molar-refractivity contribution in [3.05, 3.63) is 76.9 Å². The lowest BCUT2D eigenvalue weighted by atomic mass is 9.99. The summed E-state index contributed by atoms with van der Waals surface area (Å²) in [5.74, 6) is -2.67. The van der Waals surface area contributed by atoms with Crippen molar-refractivity contribution >= 4 is 37.0 Å². The van der Waals surface area contributed by atoms with E-state index in [2.05, 4.69) is 19.3 Å². The molecular formula is C24H26F3N4OPS. The van der Waals surface area contributed by atoms with Gasteiger partial charge < -0.3 is 9.88 Å². The van der Waals surface area contributed by atoms with E-state index in [0.29, 0.717) is 12.1 Å². The number of carbonyl (C=O) groups excluding carboxylic acids is 1. The first-order chi connectivity index (χ1) is 16.2. The average Bonchev–Trinajstić information content (AvgIpc) is 3.05. The van der Waals surface area contributed by atoms with E-state index in [4.69, 9.17) is 4.78 Å². The molecule has 2 aromatic carbocycles. The van der Waals surface area contributed by atoms with E-state index in [-0.39, 0.29) is 22.9 Å². The fourth-order valence-electron chi connectivity index (χ4n) is 4.25. The summed E-state index contributed by atoms with van der Waals surface area (Å²) < 4.78 is 54.1. The Balaban J connectivity index is 1.45. The van der Waals surface area contributed by atoms with Gasteiger partial charge >= 0.3 is 0 Å². The van der Waals surface area contributed by atoms with Crippen LogP contribution in [0.2, 0.25) is 0 Å². The van der Waals surface area contributed by atoms with Gasteiger partial charge in [0.15, 0.2) is 11.6 Å². The number of aryl methyl sites for hydroxylation is 2. The second kappa shape index (κ2) is 10.4. The molecule has 3 aromatic rings. The smallest absolute Gasteiger partial charge is 0.272 e. The Morgan fingerprint density at radius 3 is 2.71 bits per heavy atom. The van der Waals surface area contributed by atoms with Crippen molar-refractivity contribution in [2.75, 3.05) is 5.32 Å². The van der Waals surface area contributed by atoms with E-state index >= 15 is 0 Å². The molecule has 4 rings (SSSR count). The quantitative estimate of drug-likeness (QED) is 0.422. The maximum atomic E-state index is 13.8. The second-order valence-corrected chi connectivity index (χ2v) is 10.3. The maximum Gasteiger partial charge on any atom is 0.272 e. The van der Waals surface area contributed by atoms with Crippen LogP contribution in [0.1, 0.15) is 40.9 Å². The Morgan fingerprint density at radius 1 is 1.26 bits per heavy atom. The number of hydrogen-bond acceptors (Lipinski definition) is 2. The minimum atomic E-state index is -1.03. The molecule has 1 amide bonds. The molecule has 1 aliphatic rings. The van der Waals surface area contributed by atoms with E-state index in [1.165, 1.54) is 18.2 Å². The third kappa shape index (κ3) is 5.43. The summed E-state index contributed by atoms with van der Waals surface area (Å²) in [5.41, 5.74) is 2.47. The fourth-order valence-corrected chi connectivity index (χ4v) is 5.97. The molecule has 0 bridgehead atoms. The number of anilines is 1. The molecule has 3 atom stereocenters. The predicted molar refractivity (Wildman–Crippen MR) is 132 cm³/mol. The first-order valence-electron chi connectivity index (χ1n) is 10.9. The summed E-state index contributed by atoms with van der Waals surface area (Å²) in [5, 5.41) is 2.69. The number of nitrogens with zero attached hydrogens (tertiary/aromatic N) is 1. The van der Waals surface area contributed by atoms with E-state index in [1.807, 2.05) is 0 Å². The van der Waals surface area contributed by atoms with E-state index in [9.17, 15) is 18.0 Å². The van der Waals surface area contributed by atoms with Crippen LogP contribution in [-0.2, 0) is 30.8 Å². The highest BCUT2D eigenvalue weighted by Crippen LogP contribution is 2.28. The normalized spacial score (nSPS) is 17.8. The van der Waals surface area contributed by atoms with Crippen LogP contribution in [0, 0.1) is 22.2 Å². The minimum Gasteiger partial charge on any atom is -0.345 e. The van der Waals surface area contributed by atoms with Gasteiger partial charge in [-0.3, -0.25) is 9.57 Å². The first kappa shape index (κ1) is 24.6. The zero-order valence-corrected chi connectivity index (χ0v) is 20.6. The Labute approximate surface area is 201 Å². The predicted octanol–water partition coefficient (Wildman–Crippen LogP) is 4.78. The highest BCUT2D eigenvalue weighted by atomic mass is 32.2. The third-order valence-corrected chi connectivity index (χ3v) is 7.74. The van der Waals surface area contributed by atoms with Gasteiger partial charge in [0.1, 0.15) is 11.5 Å². The van der Waals surface area contributed by atoms with Crippen LogP contribution in [0.4, 0.5) is 18.9 Å². The molecule has 3 unspecified atom stereocenters. The Kier molecular flexibility index (Phi) is 7.55. The van der Waals surface area contributed by atoms with Gasteiger partial charge in [-0.25, -0.2) is 17.9 Å². The van der Waals surface area contributed by atoms with Gasteiger partial charge in [0.2, 0.25) is 0 Å². The molecule has 180 valence electrons. The van der Waals surface area contributed by atoms with Crippen LogP contribution in [0.15, 0.2) is 47.5 Å². The van der Waals surface area contributed by atoms with Crippen LogP contribution < -0.4 is 15.3 Å². The van der Waals surface area contributed by atoms with Crippen molar-refractivity contribution in [1.29, 1.82) is 4.78 Å². The molecule has 10 heteroatoms. The lowest BCUT2D eigenvalue weighted by Gasteiger charge is -2.16. The standard InChI is InChI=1S/C24H26F3N4OPS/c1-31-13-21-18(23(31)24(32)29-17-11-19(26)22(27)20(33)12-17)10-9-16(30-34(21)28)4-2-3-14-5-7-15(25)8-6-14/h5-8,11-13,16H,2-4,9-10,33H2,1H3,(H2,28,30)(H,29,32). The van der Waals surface area contributed by atoms with E-state index in [0.717, 1.165) is 47.8 Å². The topological polar surface area (TPSA) is 69.9 Å². The molecular weight excluding hydrogens is 480 g/mol. The van der Waals surface area contributed by atoms with Crippen LogP contribution in [0.25, 0.3) is 0 Å². The molecule has 5 nitrogen and oxygen atoms in total. The zero-order valence-electron chi connectivity index (χ0n) is 18.6. The van der Waals surface area contributed by atoms with Crippen LogP contribution in [0.5, 0.6) is 0 Å². The van der Waals surface area contributed by atoms with Gasteiger partial charge in [0.25, 0.3) is 5.91 Å². The van der Waals surface area contributed by atoms with Crippen molar-refractivity contribution < 1.29 is 18.0 Å². The molecule has 0 spiro atoms. The SMILES string of the molecule is Cn1cc2c(c1C(=O)Nc1cc(F)c(F)c(P)c1)CCC(CCCc1ccc(F)cc1)NS2=N. The number of hydrogen-bond donors (Lipinski definition) is 3. The van der Waals surface area contributed by atoms with Gasteiger partial charge in [-0.15, -0.1) is 9.24 Å². The molecule has 2 heterocycles. The van der Waals surface area contributed by atoms with Crippen LogP contribution in [0.3, 0.4) is 0 Å². The van der Waals surface area contributed by atoms with Crippen molar-refractivity contribution in [1.82, 2.24) is 9.29 Å². The summed E-state index contributed by atoms with van der Waals surface area (Å²) in [6.45, 7) is 0. The average molecular weight is 507 g/mol. The monoisotopic (exact) mass is 506 g/mol. The van der Waals surface area contributed by atoms with E-state index in [1.54, 1.807) is 29.9 Å². The Morgan fingerprint density at radius 2 is 2.00 bits per heavy atom. The number of rotatable bonds is 6. The Hall–Kier alpha value is -2.48. The Bertz CT molecular complexity index is 1220. The molecule has 0 fully saturated rings. The first-order valence-corrected chi connectivity index (χ1v) is 12.7. The molecule has 0 aliphatic carbocycles. The number of amides is 1. The number of fused-ring (bicyclic) bond motifs is 1. The fraction of sp³-hybridized carbons (Fsp3) is 0.292. The maximum absolute atomic E-state index is 13.8. The number of halogens is 3. The highest BCUT2D eigenvalue weighted by Gasteiger charge is 2.27. The van der Waals surface area contributed by atoms with Crippen LogP contribution >= 0.6 is 9.24 Å². The summed E-state index contributed by atoms with van der Waals surface area (Å²) in [6.07, 6.45) is 5.79. The zero-order chi connectivity index (χ0) is 24.4. The molecule has 3 N–H and O–H groups in total. The minimum absolute atomic E-state index is 0.0291. The van der Waals surface area contributed by atoms with E-state index < -0.39 is 28.4 Å².